The molecule has 1 aromatic rings. The van der Waals surface area contributed by atoms with Crippen molar-refractivity contribution in [1.29, 1.82) is 5.26 Å². The fourth-order valence-corrected chi connectivity index (χ4v) is 2.60. The van der Waals surface area contributed by atoms with Crippen molar-refractivity contribution in [1.82, 2.24) is 0 Å². The molecule has 1 fully saturated rings. The summed E-state index contributed by atoms with van der Waals surface area (Å²) in [6.07, 6.45) is 4.73. The molecule has 0 bridgehead atoms. The lowest BCUT2D eigenvalue weighted by atomic mass is 9.73. The maximum absolute atomic E-state index is 10.6. The Morgan fingerprint density at radius 3 is 2.31 bits per heavy atom. The van der Waals surface area contributed by atoms with E-state index in [2.05, 4.69) is 6.07 Å². The Balaban J connectivity index is 2.26. The maximum Gasteiger partial charge on any atom is 0.0999 e. The molecule has 0 amide bonds. The number of aliphatic hydroxyl groups is 1. The summed E-state index contributed by atoms with van der Waals surface area (Å²) in [7, 11) is 0. The molecule has 0 radical (unpaired) electrons. The van der Waals surface area contributed by atoms with Crippen LogP contribution in [0.25, 0.3) is 0 Å². The van der Waals surface area contributed by atoms with E-state index in [0.717, 1.165) is 31.2 Å². The first kappa shape index (κ1) is 11.2. The molecule has 1 aromatic carbocycles. The fourth-order valence-electron chi connectivity index (χ4n) is 2.60. The Hall–Kier alpha value is -1.33. The summed E-state index contributed by atoms with van der Waals surface area (Å²) in [5.41, 5.74) is 0.128. The van der Waals surface area contributed by atoms with Crippen LogP contribution in [0.15, 0.2) is 30.3 Å². The lowest BCUT2D eigenvalue weighted by molar-refractivity contribution is -0.00713. The molecule has 84 valence electrons. The van der Waals surface area contributed by atoms with Crippen LogP contribution in [0.2, 0.25) is 0 Å². The van der Waals surface area contributed by atoms with E-state index in [1.807, 2.05) is 30.3 Å². The number of hydrogen-bond donors (Lipinski definition) is 1. The number of benzene rings is 1. The van der Waals surface area contributed by atoms with Gasteiger partial charge in [0.15, 0.2) is 0 Å². The quantitative estimate of drug-likeness (QED) is 0.824. The van der Waals surface area contributed by atoms with Crippen LogP contribution in [0.4, 0.5) is 0 Å². The molecule has 1 atom stereocenters. The average Bonchev–Trinajstić information content (AvgIpc) is 2.32. The lowest BCUT2D eigenvalue weighted by Gasteiger charge is -2.36. The summed E-state index contributed by atoms with van der Waals surface area (Å²) in [6.45, 7) is 0. The van der Waals surface area contributed by atoms with Crippen molar-refractivity contribution < 1.29 is 5.11 Å². The molecule has 2 nitrogen and oxygen atoms in total. The highest BCUT2D eigenvalue weighted by atomic mass is 16.3. The topological polar surface area (TPSA) is 44.0 Å². The molecule has 0 heterocycles. The molecule has 1 unspecified atom stereocenters. The van der Waals surface area contributed by atoms with Gasteiger partial charge in [0.05, 0.1) is 17.6 Å². The summed E-state index contributed by atoms with van der Waals surface area (Å²) >= 11 is 0. The van der Waals surface area contributed by atoms with Gasteiger partial charge in [0.2, 0.25) is 0 Å². The van der Waals surface area contributed by atoms with Crippen LogP contribution in [0.1, 0.15) is 43.6 Å². The van der Waals surface area contributed by atoms with Crippen LogP contribution < -0.4 is 0 Å². The van der Waals surface area contributed by atoms with Crippen molar-refractivity contribution >= 4 is 0 Å². The normalized spacial score (nSPS) is 21.0. The van der Waals surface area contributed by atoms with E-state index in [9.17, 15) is 10.4 Å². The minimum absolute atomic E-state index is 0.381. The first-order chi connectivity index (χ1) is 7.76. The molecule has 16 heavy (non-hydrogen) atoms. The molecule has 0 saturated heterocycles. The Morgan fingerprint density at radius 2 is 1.75 bits per heavy atom. The van der Waals surface area contributed by atoms with Crippen LogP contribution in [-0.4, -0.2) is 10.7 Å². The molecule has 0 spiro atoms. The van der Waals surface area contributed by atoms with E-state index in [-0.39, 0.29) is 5.92 Å². The predicted octanol–water partition coefficient (Wildman–Crippen LogP) is 2.99. The van der Waals surface area contributed by atoms with Gasteiger partial charge in [-0.25, -0.2) is 0 Å². The van der Waals surface area contributed by atoms with Crippen LogP contribution in [0.5, 0.6) is 0 Å². The van der Waals surface area contributed by atoms with Gasteiger partial charge in [-0.1, -0.05) is 49.6 Å². The van der Waals surface area contributed by atoms with Gasteiger partial charge in [0.1, 0.15) is 0 Å². The van der Waals surface area contributed by atoms with Crippen LogP contribution in [-0.2, 0) is 0 Å². The van der Waals surface area contributed by atoms with E-state index in [4.69, 9.17) is 0 Å². The SMILES string of the molecule is N#CC(c1ccccc1)C1(O)CCCCC1. The third kappa shape index (κ3) is 2.10. The van der Waals surface area contributed by atoms with Gasteiger partial charge in [0.25, 0.3) is 0 Å². The van der Waals surface area contributed by atoms with E-state index in [0.29, 0.717) is 0 Å². The van der Waals surface area contributed by atoms with Crippen molar-refractivity contribution in [2.75, 3.05) is 0 Å². The van der Waals surface area contributed by atoms with Gasteiger partial charge in [-0.3, -0.25) is 0 Å². The molecular weight excluding hydrogens is 198 g/mol. The molecule has 1 aliphatic rings. The Kier molecular flexibility index (Phi) is 3.26. The zero-order valence-electron chi connectivity index (χ0n) is 9.39. The fraction of sp³-hybridized carbons (Fsp3) is 0.500. The zero-order valence-corrected chi connectivity index (χ0v) is 9.39. The predicted molar refractivity (Wildman–Crippen MR) is 62.8 cm³/mol. The van der Waals surface area contributed by atoms with E-state index in [1.54, 1.807) is 0 Å². The zero-order chi connectivity index (χ0) is 11.4. The Labute approximate surface area is 96.5 Å². The van der Waals surface area contributed by atoms with E-state index in [1.165, 1.54) is 6.42 Å². The highest BCUT2D eigenvalue weighted by molar-refractivity contribution is 5.29. The molecule has 0 aliphatic heterocycles. The van der Waals surface area contributed by atoms with Crippen LogP contribution >= 0.6 is 0 Å². The van der Waals surface area contributed by atoms with Gasteiger partial charge in [-0.05, 0) is 18.4 Å². The smallest absolute Gasteiger partial charge is 0.0999 e. The lowest BCUT2D eigenvalue weighted by Crippen LogP contribution is -2.37. The second-order valence-electron chi connectivity index (χ2n) is 4.64. The molecule has 2 rings (SSSR count). The highest BCUT2D eigenvalue weighted by Crippen LogP contribution is 2.39. The minimum atomic E-state index is -0.811. The number of nitriles is 1. The highest BCUT2D eigenvalue weighted by Gasteiger charge is 2.38. The van der Waals surface area contributed by atoms with Crippen molar-refractivity contribution in [2.24, 2.45) is 0 Å². The van der Waals surface area contributed by atoms with Gasteiger partial charge < -0.3 is 5.11 Å². The summed E-state index contributed by atoms with van der Waals surface area (Å²) in [6, 6.07) is 11.9. The largest absolute Gasteiger partial charge is 0.388 e. The number of nitrogens with zero attached hydrogens (tertiary/aromatic N) is 1. The average molecular weight is 215 g/mol. The first-order valence-electron chi connectivity index (χ1n) is 5.93. The molecule has 2 heteroatoms. The van der Waals surface area contributed by atoms with E-state index >= 15 is 0 Å². The molecule has 1 aliphatic carbocycles. The number of rotatable bonds is 2. The summed E-state index contributed by atoms with van der Waals surface area (Å²) in [5.74, 6) is -0.381. The monoisotopic (exact) mass is 215 g/mol. The standard InChI is InChI=1S/C14H17NO/c15-11-13(12-7-3-1-4-8-12)14(16)9-5-2-6-10-14/h1,3-4,7-8,13,16H,2,5-6,9-10H2. The first-order valence-corrected chi connectivity index (χ1v) is 5.93. The molecule has 1 saturated carbocycles. The van der Waals surface area contributed by atoms with Gasteiger partial charge in [0, 0.05) is 0 Å². The van der Waals surface area contributed by atoms with Crippen molar-refractivity contribution in [3.8, 4) is 6.07 Å². The summed E-state index contributed by atoms with van der Waals surface area (Å²) in [4.78, 5) is 0. The second-order valence-corrected chi connectivity index (χ2v) is 4.64. The minimum Gasteiger partial charge on any atom is -0.388 e. The van der Waals surface area contributed by atoms with Gasteiger partial charge in [-0.15, -0.1) is 0 Å². The molecular formula is C14H17NO. The second kappa shape index (κ2) is 4.67. The van der Waals surface area contributed by atoms with E-state index < -0.39 is 5.60 Å². The molecule has 1 N–H and O–H groups in total. The van der Waals surface area contributed by atoms with Gasteiger partial charge >= 0.3 is 0 Å². The molecule has 0 aromatic heterocycles. The summed E-state index contributed by atoms with van der Waals surface area (Å²) in [5, 5.41) is 19.8. The Bertz CT molecular complexity index is 373. The summed E-state index contributed by atoms with van der Waals surface area (Å²) < 4.78 is 0. The van der Waals surface area contributed by atoms with Gasteiger partial charge in [-0.2, -0.15) is 5.26 Å². The Morgan fingerprint density at radius 1 is 1.12 bits per heavy atom. The maximum atomic E-state index is 10.6. The third-order valence-electron chi connectivity index (χ3n) is 3.52. The third-order valence-corrected chi connectivity index (χ3v) is 3.52. The van der Waals surface area contributed by atoms with Crippen molar-refractivity contribution in [2.45, 2.75) is 43.6 Å². The van der Waals surface area contributed by atoms with Crippen molar-refractivity contribution in [3.63, 3.8) is 0 Å². The van der Waals surface area contributed by atoms with Crippen molar-refractivity contribution in [3.05, 3.63) is 35.9 Å². The van der Waals surface area contributed by atoms with Crippen LogP contribution in [0.3, 0.4) is 0 Å². The number of hydrogen-bond acceptors (Lipinski definition) is 2. The van der Waals surface area contributed by atoms with Crippen LogP contribution in [0, 0.1) is 11.3 Å².